The first-order valence-electron chi connectivity index (χ1n) is 7.70. The fraction of sp³-hybridized carbons (Fsp3) is 0.867. The van der Waals surface area contributed by atoms with Crippen molar-refractivity contribution < 1.29 is 19.8 Å². The normalized spacial score (nSPS) is 28.3. The average Bonchev–Trinajstić information content (AvgIpc) is 2.96. The predicted octanol–water partition coefficient (Wildman–Crippen LogP) is 0.545. The molecule has 0 spiro atoms. The smallest absolute Gasteiger partial charge is 0.310 e. The lowest BCUT2D eigenvalue weighted by Crippen LogP contribution is -2.44. The predicted molar refractivity (Wildman–Crippen MR) is 77.8 cm³/mol. The van der Waals surface area contributed by atoms with Gasteiger partial charge in [0.1, 0.15) is 0 Å². The standard InChI is InChI=1S/C15H26N2O4/c1-16(2)9-11-7-12(18)10-17(11)13(19)8-15(14(20)21)5-3-4-6-15/h11-12,18H,3-10H2,1-2H3,(H,20,21). The number of amides is 1. The van der Waals surface area contributed by atoms with Crippen LogP contribution in [0.1, 0.15) is 38.5 Å². The summed E-state index contributed by atoms with van der Waals surface area (Å²) < 4.78 is 0. The zero-order valence-corrected chi connectivity index (χ0v) is 12.9. The summed E-state index contributed by atoms with van der Waals surface area (Å²) in [4.78, 5) is 27.8. The van der Waals surface area contributed by atoms with Gasteiger partial charge in [0.25, 0.3) is 0 Å². The van der Waals surface area contributed by atoms with Gasteiger partial charge < -0.3 is 20.0 Å². The number of likely N-dealkylation sites (tertiary alicyclic amines) is 1. The quantitative estimate of drug-likeness (QED) is 0.774. The summed E-state index contributed by atoms with van der Waals surface area (Å²) in [6.45, 7) is 1.02. The van der Waals surface area contributed by atoms with Crippen LogP contribution in [0.3, 0.4) is 0 Å². The minimum atomic E-state index is -0.882. The highest BCUT2D eigenvalue weighted by Gasteiger charge is 2.45. The maximum absolute atomic E-state index is 12.6. The van der Waals surface area contributed by atoms with Crippen molar-refractivity contribution in [1.29, 1.82) is 0 Å². The highest BCUT2D eigenvalue weighted by Crippen LogP contribution is 2.42. The second-order valence-electron chi connectivity index (χ2n) is 6.82. The van der Waals surface area contributed by atoms with Gasteiger partial charge in [0.05, 0.1) is 11.5 Å². The number of aliphatic hydroxyl groups is 1. The molecule has 6 nitrogen and oxygen atoms in total. The number of nitrogens with zero attached hydrogens (tertiary/aromatic N) is 2. The molecule has 1 aliphatic carbocycles. The first kappa shape index (κ1) is 16.2. The topological polar surface area (TPSA) is 81.1 Å². The Bertz CT molecular complexity index is 404. The van der Waals surface area contributed by atoms with E-state index in [4.69, 9.17) is 0 Å². The maximum atomic E-state index is 12.6. The molecule has 2 aliphatic rings. The zero-order valence-electron chi connectivity index (χ0n) is 12.9. The van der Waals surface area contributed by atoms with Gasteiger partial charge in [-0.15, -0.1) is 0 Å². The third-order valence-corrected chi connectivity index (χ3v) is 4.79. The Hall–Kier alpha value is -1.14. The average molecular weight is 298 g/mol. The van der Waals surface area contributed by atoms with E-state index in [9.17, 15) is 19.8 Å². The molecular formula is C15H26N2O4. The van der Waals surface area contributed by atoms with Crippen molar-refractivity contribution in [3.05, 3.63) is 0 Å². The number of hydrogen-bond acceptors (Lipinski definition) is 4. The molecule has 1 heterocycles. The molecule has 120 valence electrons. The van der Waals surface area contributed by atoms with Crippen LogP contribution >= 0.6 is 0 Å². The molecule has 2 fully saturated rings. The number of hydrogen-bond donors (Lipinski definition) is 2. The van der Waals surface area contributed by atoms with E-state index in [0.29, 0.717) is 32.4 Å². The number of carboxylic acid groups (broad SMARTS) is 1. The maximum Gasteiger partial charge on any atom is 0.310 e. The second-order valence-corrected chi connectivity index (χ2v) is 6.82. The van der Waals surface area contributed by atoms with E-state index in [-0.39, 0.29) is 18.4 Å². The minimum Gasteiger partial charge on any atom is -0.481 e. The van der Waals surface area contributed by atoms with Crippen LogP contribution in [0.4, 0.5) is 0 Å². The van der Waals surface area contributed by atoms with Crippen LogP contribution in [0, 0.1) is 5.41 Å². The van der Waals surface area contributed by atoms with E-state index >= 15 is 0 Å². The van der Waals surface area contributed by atoms with Crippen LogP contribution in [0.2, 0.25) is 0 Å². The molecule has 0 aromatic heterocycles. The molecule has 0 aromatic carbocycles. The van der Waals surface area contributed by atoms with Gasteiger partial charge in [-0.2, -0.15) is 0 Å². The van der Waals surface area contributed by atoms with E-state index in [2.05, 4.69) is 0 Å². The molecule has 1 aliphatic heterocycles. The molecule has 2 atom stereocenters. The molecule has 6 heteroatoms. The van der Waals surface area contributed by atoms with E-state index < -0.39 is 17.5 Å². The first-order valence-corrected chi connectivity index (χ1v) is 7.70. The Balaban J connectivity index is 2.05. The van der Waals surface area contributed by atoms with E-state index in [1.807, 2.05) is 19.0 Å². The summed E-state index contributed by atoms with van der Waals surface area (Å²) in [5.41, 5.74) is -0.882. The van der Waals surface area contributed by atoms with Crippen molar-refractivity contribution in [1.82, 2.24) is 9.80 Å². The number of rotatable bonds is 5. The second kappa shape index (κ2) is 6.32. The summed E-state index contributed by atoms with van der Waals surface area (Å²) in [5.74, 6) is -0.972. The van der Waals surface area contributed by atoms with E-state index in [1.54, 1.807) is 4.90 Å². The Morgan fingerprint density at radius 2 is 1.90 bits per heavy atom. The van der Waals surface area contributed by atoms with Crippen LogP contribution in [0.15, 0.2) is 0 Å². The van der Waals surface area contributed by atoms with Crippen molar-refractivity contribution in [3.63, 3.8) is 0 Å². The summed E-state index contributed by atoms with van der Waals surface area (Å²) in [7, 11) is 3.87. The number of aliphatic hydroxyl groups excluding tert-OH is 1. The van der Waals surface area contributed by atoms with Gasteiger partial charge in [-0.1, -0.05) is 12.8 Å². The largest absolute Gasteiger partial charge is 0.481 e. The van der Waals surface area contributed by atoms with Crippen LogP contribution in [0.25, 0.3) is 0 Å². The van der Waals surface area contributed by atoms with Gasteiger partial charge in [-0.3, -0.25) is 9.59 Å². The van der Waals surface area contributed by atoms with Crippen LogP contribution in [0.5, 0.6) is 0 Å². The molecule has 2 unspecified atom stereocenters. The number of carbonyl (C=O) groups excluding carboxylic acids is 1. The fourth-order valence-corrected chi connectivity index (χ4v) is 3.70. The molecule has 1 saturated carbocycles. The lowest BCUT2D eigenvalue weighted by Gasteiger charge is -2.30. The molecule has 0 radical (unpaired) electrons. The number of aliphatic carboxylic acids is 1. The van der Waals surface area contributed by atoms with Gasteiger partial charge in [0, 0.05) is 25.6 Å². The first-order chi connectivity index (χ1) is 9.84. The van der Waals surface area contributed by atoms with Gasteiger partial charge in [-0.25, -0.2) is 0 Å². The molecular weight excluding hydrogens is 272 g/mol. The summed E-state index contributed by atoms with van der Waals surface area (Å²) in [6, 6.07) is -0.0188. The highest BCUT2D eigenvalue weighted by molar-refractivity contribution is 5.85. The summed E-state index contributed by atoms with van der Waals surface area (Å²) in [5, 5.41) is 19.3. The monoisotopic (exact) mass is 298 g/mol. The molecule has 1 amide bonds. The van der Waals surface area contributed by atoms with E-state index in [0.717, 1.165) is 12.8 Å². The Morgan fingerprint density at radius 3 is 2.43 bits per heavy atom. The zero-order chi connectivity index (χ0) is 15.6. The van der Waals surface area contributed by atoms with Crippen molar-refractivity contribution >= 4 is 11.9 Å². The van der Waals surface area contributed by atoms with Gasteiger partial charge >= 0.3 is 5.97 Å². The molecule has 0 aromatic rings. The molecule has 1 saturated heterocycles. The number of carboxylic acids is 1. The van der Waals surface area contributed by atoms with Crippen molar-refractivity contribution in [3.8, 4) is 0 Å². The fourth-order valence-electron chi connectivity index (χ4n) is 3.70. The van der Waals surface area contributed by atoms with Gasteiger partial charge in [0.2, 0.25) is 5.91 Å². The summed E-state index contributed by atoms with van der Waals surface area (Å²) >= 11 is 0. The van der Waals surface area contributed by atoms with Gasteiger partial charge in [-0.05, 0) is 33.4 Å². The van der Waals surface area contributed by atoms with Gasteiger partial charge in [0.15, 0.2) is 0 Å². The van der Waals surface area contributed by atoms with Crippen LogP contribution < -0.4 is 0 Å². The third-order valence-electron chi connectivity index (χ3n) is 4.79. The van der Waals surface area contributed by atoms with Crippen molar-refractivity contribution in [2.24, 2.45) is 5.41 Å². The summed E-state index contributed by atoms with van der Waals surface area (Å²) in [6.07, 6.45) is 3.07. The van der Waals surface area contributed by atoms with Crippen molar-refractivity contribution in [2.75, 3.05) is 27.2 Å². The molecule has 2 N–H and O–H groups in total. The molecule has 2 rings (SSSR count). The number of likely N-dealkylation sites (N-methyl/N-ethyl adjacent to an activating group) is 1. The molecule has 21 heavy (non-hydrogen) atoms. The van der Waals surface area contributed by atoms with Crippen LogP contribution in [-0.2, 0) is 9.59 Å². The van der Waals surface area contributed by atoms with Crippen LogP contribution in [-0.4, -0.2) is 71.2 Å². The lowest BCUT2D eigenvalue weighted by molar-refractivity contribution is -0.153. The number of β-amino-alcohol motifs (C(OH)–C–C–N with tert-alkyl or cyclic N) is 1. The van der Waals surface area contributed by atoms with E-state index in [1.165, 1.54) is 0 Å². The SMILES string of the molecule is CN(C)CC1CC(O)CN1C(=O)CC1(C(=O)O)CCCC1. The Morgan fingerprint density at radius 1 is 1.29 bits per heavy atom. The lowest BCUT2D eigenvalue weighted by atomic mass is 9.82. The molecule has 0 bridgehead atoms. The third kappa shape index (κ3) is 3.55. The Kier molecular flexibility index (Phi) is 4.88. The minimum absolute atomic E-state index is 0.0188. The highest BCUT2D eigenvalue weighted by atomic mass is 16.4. The Labute approximate surface area is 125 Å². The number of carbonyl (C=O) groups is 2. The van der Waals surface area contributed by atoms with Crippen molar-refractivity contribution in [2.45, 2.75) is 50.7 Å².